The molecule has 2 rings (SSSR count). The lowest BCUT2D eigenvalue weighted by molar-refractivity contribution is -0.151. The zero-order chi connectivity index (χ0) is 25.9. The molecular formula is C26H34N2O7. The van der Waals surface area contributed by atoms with Gasteiger partial charge in [-0.05, 0) is 38.8 Å². The summed E-state index contributed by atoms with van der Waals surface area (Å²) < 4.78 is 16.0. The highest BCUT2D eigenvalue weighted by atomic mass is 16.6. The first-order valence-electron chi connectivity index (χ1n) is 11.4. The number of carbonyl (C=O) groups excluding carboxylic acids is 3. The molecule has 3 N–H and O–H groups in total. The summed E-state index contributed by atoms with van der Waals surface area (Å²) in [6.07, 6.45) is -0.835. The van der Waals surface area contributed by atoms with E-state index in [9.17, 15) is 19.5 Å². The molecule has 9 nitrogen and oxygen atoms in total. The lowest BCUT2D eigenvalue weighted by Gasteiger charge is -2.36. The lowest BCUT2D eigenvalue weighted by atomic mass is 9.85. The summed E-state index contributed by atoms with van der Waals surface area (Å²) in [4.78, 5) is 37.8. The summed E-state index contributed by atoms with van der Waals surface area (Å²) in [5, 5.41) is 16.8. The molecule has 0 bridgehead atoms. The van der Waals surface area contributed by atoms with Crippen LogP contribution in [0.2, 0.25) is 0 Å². The Balaban J connectivity index is 2.34. The Morgan fingerprint density at radius 1 is 0.971 bits per heavy atom. The molecule has 35 heavy (non-hydrogen) atoms. The minimum absolute atomic E-state index is 0.147. The Labute approximate surface area is 205 Å². The van der Waals surface area contributed by atoms with Gasteiger partial charge in [0.15, 0.2) is 5.60 Å². The van der Waals surface area contributed by atoms with Gasteiger partial charge in [0.25, 0.3) is 5.91 Å². The number of aliphatic hydroxyl groups is 1. The van der Waals surface area contributed by atoms with Gasteiger partial charge < -0.3 is 30.0 Å². The van der Waals surface area contributed by atoms with E-state index >= 15 is 0 Å². The van der Waals surface area contributed by atoms with E-state index in [1.165, 1.54) is 0 Å². The van der Waals surface area contributed by atoms with Crippen molar-refractivity contribution in [1.82, 2.24) is 10.6 Å². The van der Waals surface area contributed by atoms with Gasteiger partial charge in [-0.25, -0.2) is 4.79 Å². The number of nitrogens with one attached hydrogen (secondary N) is 2. The van der Waals surface area contributed by atoms with Gasteiger partial charge in [-0.1, -0.05) is 60.7 Å². The van der Waals surface area contributed by atoms with Crippen LogP contribution in [-0.4, -0.2) is 54.5 Å². The molecule has 0 saturated carbocycles. The van der Waals surface area contributed by atoms with Crippen molar-refractivity contribution in [2.75, 3.05) is 19.8 Å². The van der Waals surface area contributed by atoms with Crippen molar-refractivity contribution >= 4 is 18.0 Å². The van der Waals surface area contributed by atoms with Crippen molar-refractivity contribution in [3.05, 3.63) is 71.8 Å². The Morgan fingerprint density at radius 3 is 2.14 bits per heavy atom. The van der Waals surface area contributed by atoms with Crippen LogP contribution in [0.1, 0.15) is 38.8 Å². The van der Waals surface area contributed by atoms with Gasteiger partial charge in [-0.15, -0.1) is 0 Å². The maximum atomic E-state index is 13.3. The number of benzene rings is 2. The first-order valence-corrected chi connectivity index (χ1v) is 11.4. The van der Waals surface area contributed by atoms with Gasteiger partial charge in [-0.3, -0.25) is 9.59 Å². The van der Waals surface area contributed by atoms with E-state index in [2.05, 4.69) is 10.6 Å². The van der Waals surface area contributed by atoms with Gasteiger partial charge in [0.2, 0.25) is 0 Å². The van der Waals surface area contributed by atoms with Crippen molar-refractivity contribution < 1.29 is 33.7 Å². The third-order valence-corrected chi connectivity index (χ3v) is 4.85. The highest BCUT2D eigenvalue weighted by Crippen LogP contribution is 2.27. The van der Waals surface area contributed by atoms with Gasteiger partial charge in [0.05, 0.1) is 25.9 Å². The van der Waals surface area contributed by atoms with Crippen LogP contribution in [0.3, 0.4) is 0 Å². The van der Waals surface area contributed by atoms with Crippen LogP contribution in [0.25, 0.3) is 0 Å². The van der Waals surface area contributed by atoms with Gasteiger partial charge in [-0.2, -0.15) is 0 Å². The number of amides is 2. The second-order valence-electron chi connectivity index (χ2n) is 8.82. The molecule has 0 aliphatic carbocycles. The Hall–Kier alpha value is -3.43. The normalized spacial score (nSPS) is 13.7. The molecule has 2 aromatic rings. The maximum absolute atomic E-state index is 13.3. The zero-order valence-electron chi connectivity index (χ0n) is 20.6. The van der Waals surface area contributed by atoms with Crippen molar-refractivity contribution in [3.8, 4) is 0 Å². The third kappa shape index (κ3) is 8.70. The Morgan fingerprint density at radius 2 is 1.57 bits per heavy atom. The predicted molar refractivity (Wildman–Crippen MR) is 129 cm³/mol. The van der Waals surface area contributed by atoms with Gasteiger partial charge >= 0.3 is 12.1 Å². The van der Waals surface area contributed by atoms with Gasteiger partial charge in [0, 0.05) is 0 Å². The van der Waals surface area contributed by atoms with Crippen LogP contribution in [0.15, 0.2) is 60.7 Å². The monoisotopic (exact) mass is 486 g/mol. The summed E-state index contributed by atoms with van der Waals surface area (Å²) in [6.45, 7) is 6.38. The number of alkyl carbamates (subject to hydrolysis) is 1. The second-order valence-corrected chi connectivity index (χ2v) is 8.82. The summed E-state index contributed by atoms with van der Waals surface area (Å²) in [5.74, 6) is -1.56. The molecule has 0 saturated heterocycles. The molecule has 2 unspecified atom stereocenters. The van der Waals surface area contributed by atoms with Crippen LogP contribution in [0, 0.1) is 0 Å². The van der Waals surface area contributed by atoms with E-state index in [0.717, 1.165) is 5.56 Å². The third-order valence-electron chi connectivity index (χ3n) is 4.85. The molecule has 0 aliphatic heterocycles. The molecule has 0 heterocycles. The summed E-state index contributed by atoms with van der Waals surface area (Å²) >= 11 is 0. The Bertz CT molecular complexity index is 961. The fourth-order valence-corrected chi connectivity index (χ4v) is 3.27. The smallest absolute Gasteiger partial charge is 0.408 e. The quantitative estimate of drug-likeness (QED) is 0.417. The molecule has 0 aliphatic rings. The summed E-state index contributed by atoms with van der Waals surface area (Å²) in [5.41, 5.74) is -2.03. The number of rotatable bonds is 11. The van der Waals surface area contributed by atoms with Crippen LogP contribution < -0.4 is 10.6 Å². The number of hydrogen-bond acceptors (Lipinski definition) is 7. The highest BCUT2D eigenvalue weighted by Gasteiger charge is 2.47. The standard InChI is InChI=1S/C26H34N2O7/c1-5-34-22(29)16-27-23(30)26(32,20-14-10-7-11-15-20)21(28-24(31)35-25(2,3)4)18-33-17-19-12-8-6-9-13-19/h6-15,21,32H,5,16-18H2,1-4H3,(H,27,30)(H,28,31). The second kappa shape index (κ2) is 12.9. The molecule has 2 atom stereocenters. The predicted octanol–water partition coefficient (Wildman–Crippen LogP) is 2.66. The van der Waals surface area contributed by atoms with E-state index in [-0.39, 0.29) is 25.4 Å². The minimum atomic E-state index is -2.29. The average Bonchev–Trinajstić information content (AvgIpc) is 2.81. The van der Waals surface area contributed by atoms with Crippen molar-refractivity contribution in [2.45, 2.75) is 51.5 Å². The summed E-state index contributed by atoms with van der Waals surface area (Å²) in [6, 6.07) is 16.2. The molecule has 9 heteroatoms. The van der Waals surface area contributed by atoms with E-state index in [0.29, 0.717) is 0 Å². The molecule has 0 fully saturated rings. The van der Waals surface area contributed by atoms with Crippen molar-refractivity contribution in [1.29, 1.82) is 0 Å². The van der Waals surface area contributed by atoms with Crippen molar-refractivity contribution in [2.24, 2.45) is 0 Å². The van der Waals surface area contributed by atoms with Crippen LogP contribution in [-0.2, 0) is 36.0 Å². The molecule has 0 aromatic heterocycles. The maximum Gasteiger partial charge on any atom is 0.408 e. The van der Waals surface area contributed by atoms with E-state index in [1.807, 2.05) is 30.3 Å². The first-order chi connectivity index (χ1) is 16.6. The van der Waals surface area contributed by atoms with Crippen LogP contribution in [0.5, 0.6) is 0 Å². The SMILES string of the molecule is CCOC(=O)CNC(=O)C(O)(c1ccccc1)C(COCc1ccccc1)NC(=O)OC(C)(C)C. The molecule has 2 amide bonds. The zero-order valence-corrected chi connectivity index (χ0v) is 20.6. The first kappa shape index (κ1) is 27.8. The molecule has 0 spiro atoms. The van der Waals surface area contributed by atoms with Gasteiger partial charge in [0.1, 0.15) is 12.1 Å². The number of esters is 1. The fraction of sp³-hybridized carbons (Fsp3) is 0.423. The van der Waals surface area contributed by atoms with Crippen LogP contribution in [0.4, 0.5) is 4.79 Å². The molecule has 0 radical (unpaired) electrons. The Kier molecular flexibility index (Phi) is 10.2. The topological polar surface area (TPSA) is 123 Å². The van der Waals surface area contributed by atoms with E-state index < -0.39 is 41.8 Å². The number of carbonyl (C=O) groups is 3. The summed E-state index contributed by atoms with van der Waals surface area (Å²) in [7, 11) is 0. The molecule has 2 aromatic carbocycles. The fourth-order valence-electron chi connectivity index (χ4n) is 3.27. The molecule has 190 valence electrons. The largest absolute Gasteiger partial charge is 0.465 e. The highest BCUT2D eigenvalue weighted by molar-refractivity contribution is 5.90. The van der Waals surface area contributed by atoms with E-state index in [4.69, 9.17) is 14.2 Å². The number of ether oxygens (including phenoxy) is 3. The molecular weight excluding hydrogens is 452 g/mol. The van der Waals surface area contributed by atoms with E-state index in [1.54, 1.807) is 58.0 Å². The van der Waals surface area contributed by atoms with Crippen molar-refractivity contribution in [3.63, 3.8) is 0 Å². The average molecular weight is 487 g/mol. The lowest BCUT2D eigenvalue weighted by Crippen LogP contribution is -2.61. The minimum Gasteiger partial charge on any atom is -0.465 e. The van der Waals surface area contributed by atoms with Crippen LogP contribution >= 0.6 is 0 Å². The number of hydrogen-bond donors (Lipinski definition) is 3.